The average Bonchev–Trinajstić information content (AvgIpc) is 3.70. The Kier molecular flexibility index (Phi) is 8.87. The van der Waals surface area contributed by atoms with Gasteiger partial charge in [-0.25, -0.2) is 0 Å². The largest absolute Gasteiger partial charge is 0.456 e. The van der Waals surface area contributed by atoms with E-state index in [9.17, 15) is 0 Å². The van der Waals surface area contributed by atoms with E-state index in [1.54, 1.807) is 0 Å². The third-order valence-corrected chi connectivity index (χ3v) is 11.7. The first-order chi connectivity index (χ1) is 29.7. The van der Waals surface area contributed by atoms with Gasteiger partial charge in [-0.1, -0.05) is 182 Å². The molecule has 10 aromatic carbocycles. The maximum atomic E-state index is 6.41. The number of furan rings is 1. The molecule has 0 atom stereocenters. The van der Waals surface area contributed by atoms with E-state index >= 15 is 0 Å². The van der Waals surface area contributed by atoms with Crippen molar-refractivity contribution >= 4 is 49.8 Å². The van der Waals surface area contributed by atoms with Crippen LogP contribution >= 0.6 is 0 Å². The highest BCUT2D eigenvalue weighted by Gasteiger charge is 2.18. The van der Waals surface area contributed by atoms with Crippen LogP contribution in [0.15, 0.2) is 241 Å². The predicted octanol–water partition coefficient (Wildman–Crippen LogP) is 16.5. The number of benzene rings is 10. The minimum Gasteiger partial charge on any atom is -0.456 e. The maximum Gasteiger partial charge on any atom is 0.137 e. The van der Waals surface area contributed by atoms with Crippen LogP contribution in [-0.4, -0.2) is 0 Å². The summed E-state index contributed by atoms with van der Waals surface area (Å²) in [6.07, 6.45) is 0. The zero-order chi connectivity index (χ0) is 39.8. The molecule has 0 fully saturated rings. The number of para-hydroxylation sites is 1. The molecule has 11 aromatic rings. The van der Waals surface area contributed by atoms with Gasteiger partial charge in [-0.15, -0.1) is 0 Å². The van der Waals surface area contributed by atoms with Crippen LogP contribution in [0.4, 0.5) is 17.1 Å². The van der Waals surface area contributed by atoms with Gasteiger partial charge in [0.1, 0.15) is 11.2 Å². The van der Waals surface area contributed by atoms with Crippen molar-refractivity contribution in [1.29, 1.82) is 0 Å². The van der Waals surface area contributed by atoms with Crippen LogP contribution in [0.25, 0.3) is 88.3 Å². The van der Waals surface area contributed by atoms with E-state index in [2.05, 4.69) is 229 Å². The molecule has 2 nitrogen and oxygen atoms in total. The summed E-state index contributed by atoms with van der Waals surface area (Å²) in [7, 11) is 0. The number of fused-ring (bicyclic) bond motifs is 4. The molecule has 60 heavy (non-hydrogen) atoms. The zero-order valence-electron chi connectivity index (χ0n) is 32.9. The van der Waals surface area contributed by atoms with Crippen molar-refractivity contribution in [3.63, 3.8) is 0 Å². The second-order valence-electron chi connectivity index (χ2n) is 15.3. The number of nitrogens with zero attached hydrogens (tertiary/aromatic N) is 1. The summed E-state index contributed by atoms with van der Waals surface area (Å²) in [6, 6.07) is 84.9. The second-order valence-corrected chi connectivity index (χ2v) is 15.3. The zero-order valence-corrected chi connectivity index (χ0v) is 32.9. The first-order valence-electron chi connectivity index (χ1n) is 20.5. The fraction of sp³-hybridized carbons (Fsp3) is 0. The molecule has 0 amide bonds. The summed E-state index contributed by atoms with van der Waals surface area (Å²) in [5.74, 6) is 0. The summed E-state index contributed by atoms with van der Waals surface area (Å²) in [5.41, 5.74) is 16.9. The predicted molar refractivity (Wildman–Crippen MR) is 253 cm³/mol. The standard InChI is InChI=1S/C58H39NO/c1-2-15-42(16-3-1)49-18-6-8-20-51(49)53-22-10-11-23-54(53)52-21-9-7-19-50(52)43-30-34-47(35-31-43)59(48-36-37-56-55-24-12-13-25-57(55)60-58(56)39-48)46-32-28-41(29-33-46)45-27-26-40-14-4-5-17-44(40)38-45/h1-39H. The maximum absolute atomic E-state index is 6.41. The van der Waals surface area contributed by atoms with Gasteiger partial charge >= 0.3 is 0 Å². The molecule has 0 aliphatic heterocycles. The minimum atomic E-state index is 0.865. The molecule has 0 bridgehead atoms. The van der Waals surface area contributed by atoms with Gasteiger partial charge in [0.15, 0.2) is 0 Å². The van der Waals surface area contributed by atoms with Crippen LogP contribution in [0, 0.1) is 0 Å². The summed E-state index contributed by atoms with van der Waals surface area (Å²) in [5, 5.41) is 4.72. The molecule has 0 radical (unpaired) electrons. The van der Waals surface area contributed by atoms with Gasteiger partial charge in [-0.05, 0) is 115 Å². The molecule has 1 heterocycles. The third kappa shape index (κ3) is 6.41. The molecular formula is C58H39NO. The van der Waals surface area contributed by atoms with Crippen molar-refractivity contribution in [1.82, 2.24) is 0 Å². The molecule has 1 aromatic heterocycles. The number of hydrogen-bond acceptors (Lipinski definition) is 2. The minimum absolute atomic E-state index is 0.865. The van der Waals surface area contributed by atoms with Crippen LogP contribution in [0.3, 0.4) is 0 Å². The highest BCUT2D eigenvalue weighted by molar-refractivity contribution is 6.06. The van der Waals surface area contributed by atoms with Crippen LogP contribution in [-0.2, 0) is 0 Å². The molecule has 2 heteroatoms. The molecule has 0 spiro atoms. The van der Waals surface area contributed by atoms with Crippen LogP contribution < -0.4 is 4.90 Å². The lowest BCUT2D eigenvalue weighted by atomic mass is 9.87. The lowest BCUT2D eigenvalue weighted by Crippen LogP contribution is -2.09. The fourth-order valence-corrected chi connectivity index (χ4v) is 8.77. The molecule has 282 valence electrons. The van der Waals surface area contributed by atoms with Crippen molar-refractivity contribution in [3.8, 4) is 55.6 Å². The Morgan fingerprint density at radius 3 is 1.35 bits per heavy atom. The smallest absolute Gasteiger partial charge is 0.137 e. The number of anilines is 3. The van der Waals surface area contributed by atoms with E-state index in [0.29, 0.717) is 0 Å². The molecule has 0 unspecified atom stereocenters. The van der Waals surface area contributed by atoms with Gasteiger partial charge in [-0.3, -0.25) is 0 Å². The third-order valence-electron chi connectivity index (χ3n) is 11.7. The lowest BCUT2D eigenvalue weighted by Gasteiger charge is -2.26. The normalized spacial score (nSPS) is 11.3. The highest BCUT2D eigenvalue weighted by atomic mass is 16.3. The Labute approximate surface area is 349 Å². The molecule has 0 N–H and O–H groups in total. The Hall–Kier alpha value is -7.94. The van der Waals surface area contributed by atoms with Gasteiger partial charge in [0.05, 0.1) is 0 Å². The molecule has 0 aliphatic carbocycles. The van der Waals surface area contributed by atoms with Crippen molar-refractivity contribution in [2.24, 2.45) is 0 Å². The van der Waals surface area contributed by atoms with Gasteiger partial charge in [0, 0.05) is 33.9 Å². The van der Waals surface area contributed by atoms with E-state index < -0.39 is 0 Å². The Morgan fingerprint density at radius 1 is 0.250 bits per heavy atom. The van der Waals surface area contributed by atoms with Gasteiger partial charge in [-0.2, -0.15) is 0 Å². The topological polar surface area (TPSA) is 16.4 Å². The molecule has 0 saturated carbocycles. The highest BCUT2D eigenvalue weighted by Crippen LogP contribution is 2.43. The van der Waals surface area contributed by atoms with Crippen LogP contribution in [0.5, 0.6) is 0 Å². The Morgan fingerprint density at radius 2 is 0.700 bits per heavy atom. The van der Waals surface area contributed by atoms with Gasteiger partial charge in [0.25, 0.3) is 0 Å². The summed E-state index contributed by atoms with van der Waals surface area (Å²) < 4.78 is 6.41. The monoisotopic (exact) mass is 765 g/mol. The summed E-state index contributed by atoms with van der Waals surface area (Å²) in [4.78, 5) is 2.32. The van der Waals surface area contributed by atoms with Gasteiger partial charge < -0.3 is 9.32 Å². The van der Waals surface area contributed by atoms with E-state index in [1.165, 1.54) is 60.8 Å². The second kappa shape index (κ2) is 15.1. The SMILES string of the molecule is c1ccc(-c2ccccc2-c2ccccc2-c2ccccc2-c2ccc(N(c3ccc(-c4ccc5ccccc5c4)cc3)c3ccc4c(c3)oc3ccccc34)cc2)cc1. The Bertz CT molecular complexity index is 3310. The first-order valence-corrected chi connectivity index (χ1v) is 20.5. The summed E-state index contributed by atoms with van der Waals surface area (Å²) in [6.45, 7) is 0. The van der Waals surface area contributed by atoms with E-state index in [-0.39, 0.29) is 0 Å². The van der Waals surface area contributed by atoms with Gasteiger partial charge in [0.2, 0.25) is 0 Å². The lowest BCUT2D eigenvalue weighted by molar-refractivity contribution is 0.669. The quantitative estimate of drug-likeness (QED) is 0.153. The van der Waals surface area contributed by atoms with Crippen LogP contribution in [0.2, 0.25) is 0 Å². The van der Waals surface area contributed by atoms with Crippen LogP contribution in [0.1, 0.15) is 0 Å². The van der Waals surface area contributed by atoms with E-state index in [4.69, 9.17) is 4.42 Å². The van der Waals surface area contributed by atoms with E-state index in [1.807, 2.05) is 12.1 Å². The summed E-state index contributed by atoms with van der Waals surface area (Å²) >= 11 is 0. The number of rotatable bonds is 8. The molecular weight excluding hydrogens is 727 g/mol. The molecule has 11 rings (SSSR count). The molecule has 0 saturated heterocycles. The van der Waals surface area contributed by atoms with Crippen molar-refractivity contribution in [3.05, 3.63) is 237 Å². The van der Waals surface area contributed by atoms with E-state index in [0.717, 1.165) is 44.6 Å². The average molecular weight is 766 g/mol. The first kappa shape index (κ1) is 35.2. The Balaban J connectivity index is 0.995. The fourth-order valence-electron chi connectivity index (χ4n) is 8.77. The van der Waals surface area contributed by atoms with Crippen molar-refractivity contribution < 1.29 is 4.42 Å². The van der Waals surface area contributed by atoms with Crippen molar-refractivity contribution in [2.75, 3.05) is 4.90 Å². The number of hydrogen-bond donors (Lipinski definition) is 0. The molecule has 0 aliphatic rings. The van der Waals surface area contributed by atoms with Crippen molar-refractivity contribution in [2.45, 2.75) is 0 Å².